The second-order valence-electron chi connectivity index (χ2n) is 6.22. The van der Waals surface area contributed by atoms with Gasteiger partial charge in [0.15, 0.2) is 0 Å². The van der Waals surface area contributed by atoms with Crippen LogP contribution in [0.2, 0.25) is 0 Å². The van der Waals surface area contributed by atoms with Gasteiger partial charge in [-0.05, 0) is 44.0 Å². The van der Waals surface area contributed by atoms with Crippen LogP contribution in [-0.4, -0.2) is 37.6 Å². The van der Waals surface area contributed by atoms with Gasteiger partial charge in [-0.3, -0.25) is 9.59 Å². The van der Waals surface area contributed by atoms with Crippen LogP contribution in [-0.2, 0) is 37.8 Å². The van der Waals surface area contributed by atoms with Crippen LogP contribution >= 0.6 is 0 Å². The summed E-state index contributed by atoms with van der Waals surface area (Å²) in [5.41, 5.74) is 0.0140. The first-order chi connectivity index (χ1) is 11.3. The molecule has 0 aromatic heterocycles. The largest absolute Gasteiger partial charge is 0.488 e. The fourth-order valence-corrected chi connectivity index (χ4v) is 2.28. The van der Waals surface area contributed by atoms with Crippen LogP contribution < -0.4 is 9.50 Å². The Balaban J connectivity index is 2.81. The van der Waals surface area contributed by atoms with Crippen LogP contribution in [0, 0.1) is 0 Å². The third kappa shape index (κ3) is 9.62. The van der Waals surface area contributed by atoms with Gasteiger partial charge in [0, 0.05) is 6.54 Å². The van der Waals surface area contributed by atoms with E-state index in [1.165, 1.54) is 12.1 Å². The molecule has 0 heterocycles. The molecule has 25 heavy (non-hydrogen) atoms. The quantitative estimate of drug-likeness (QED) is 0.514. The van der Waals surface area contributed by atoms with Gasteiger partial charge in [-0.25, -0.2) is 0 Å². The number of rotatable bonds is 8. The Kier molecular flexibility index (Phi) is 6.88. The summed E-state index contributed by atoms with van der Waals surface area (Å²) in [6, 6.07) is 3.82. The average molecular weight is 377 g/mol. The molecule has 0 fully saturated rings. The molecule has 140 valence electrons. The van der Waals surface area contributed by atoms with Crippen LogP contribution in [0.3, 0.4) is 0 Å². The summed E-state index contributed by atoms with van der Waals surface area (Å²) in [7, 11) is -5.24. The maximum Gasteiger partial charge on any atom is 0.488 e. The predicted molar refractivity (Wildman–Crippen MR) is 86.0 cm³/mol. The fraction of sp³-hybridized carbons (Fsp3) is 0.467. The van der Waals surface area contributed by atoms with E-state index in [1.807, 2.05) is 0 Å². The van der Waals surface area contributed by atoms with Crippen molar-refractivity contribution in [1.29, 1.82) is 0 Å². The van der Waals surface area contributed by atoms with Gasteiger partial charge in [-0.15, -0.1) is 0 Å². The SMILES string of the molecule is CC(C)(C)OC(=O)CNCc1cc(CC(=O)O)cc(OS(=O)(=O)F)c1. The lowest BCUT2D eigenvalue weighted by atomic mass is 10.1. The maximum absolute atomic E-state index is 12.7. The number of carboxylic acids is 1. The predicted octanol–water partition coefficient (Wildman–Crippen LogP) is 1.34. The lowest BCUT2D eigenvalue weighted by molar-refractivity contribution is -0.153. The number of carbonyl (C=O) groups excluding carboxylic acids is 1. The first-order valence-corrected chi connectivity index (χ1v) is 8.56. The van der Waals surface area contributed by atoms with Gasteiger partial charge in [-0.2, -0.15) is 8.42 Å². The summed E-state index contributed by atoms with van der Waals surface area (Å²) >= 11 is 0. The topological polar surface area (TPSA) is 119 Å². The van der Waals surface area contributed by atoms with E-state index >= 15 is 0 Å². The van der Waals surface area contributed by atoms with Gasteiger partial charge in [0.1, 0.15) is 11.4 Å². The number of hydrogen-bond donors (Lipinski definition) is 2. The minimum absolute atomic E-state index is 0.0927. The summed E-state index contributed by atoms with van der Waals surface area (Å²) < 4.78 is 43.1. The van der Waals surface area contributed by atoms with Crippen LogP contribution in [0.5, 0.6) is 5.75 Å². The Bertz CT molecular complexity index is 741. The standard InChI is InChI=1S/C15H20FNO7S/c1-15(2,3)23-14(20)9-17-8-11-4-10(7-13(18)19)5-12(6-11)24-25(16,21)22/h4-6,17H,7-9H2,1-3H3,(H,18,19). The number of halogens is 1. The van der Waals surface area contributed by atoms with Crippen molar-refractivity contribution in [3.05, 3.63) is 29.3 Å². The molecule has 10 heteroatoms. The number of esters is 1. The number of ether oxygens (including phenoxy) is 1. The third-order valence-electron chi connectivity index (χ3n) is 2.60. The van der Waals surface area contributed by atoms with Crippen molar-refractivity contribution in [1.82, 2.24) is 5.32 Å². The Morgan fingerprint density at radius 1 is 1.20 bits per heavy atom. The molecule has 0 amide bonds. The van der Waals surface area contributed by atoms with Crippen molar-refractivity contribution in [2.24, 2.45) is 0 Å². The molecule has 1 aromatic carbocycles. The van der Waals surface area contributed by atoms with E-state index < -0.39 is 34.5 Å². The Morgan fingerprint density at radius 3 is 2.32 bits per heavy atom. The van der Waals surface area contributed by atoms with Crippen molar-refractivity contribution in [2.75, 3.05) is 6.54 Å². The molecule has 0 bridgehead atoms. The molecule has 0 unspecified atom stereocenters. The van der Waals surface area contributed by atoms with Gasteiger partial charge in [-0.1, -0.05) is 9.95 Å². The number of hydrogen-bond acceptors (Lipinski definition) is 7. The maximum atomic E-state index is 12.7. The number of aliphatic carboxylic acids is 1. The highest BCUT2D eigenvalue weighted by molar-refractivity contribution is 7.81. The van der Waals surface area contributed by atoms with Crippen LogP contribution in [0.25, 0.3) is 0 Å². The summed E-state index contributed by atoms with van der Waals surface area (Å²) in [5.74, 6) is -1.99. The van der Waals surface area contributed by atoms with Crippen molar-refractivity contribution in [3.63, 3.8) is 0 Å². The molecule has 1 aromatic rings. The number of carboxylic acid groups (broad SMARTS) is 1. The molecule has 0 atom stereocenters. The molecule has 0 aliphatic carbocycles. The molecule has 0 aliphatic rings. The first kappa shape index (κ1) is 20.8. The zero-order valence-corrected chi connectivity index (χ0v) is 14.9. The van der Waals surface area contributed by atoms with E-state index in [-0.39, 0.29) is 24.4 Å². The summed E-state index contributed by atoms with van der Waals surface area (Å²) in [5, 5.41) is 11.6. The lowest BCUT2D eigenvalue weighted by Gasteiger charge is -2.19. The summed E-state index contributed by atoms with van der Waals surface area (Å²) in [4.78, 5) is 22.4. The van der Waals surface area contributed by atoms with Gasteiger partial charge in [0.2, 0.25) is 0 Å². The Hall–Kier alpha value is -2.20. The minimum Gasteiger partial charge on any atom is -0.481 e. The highest BCUT2D eigenvalue weighted by Crippen LogP contribution is 2.20. The molecule has 8 nitrogen and oxygen atoms in total. The van der Waals surface area contributed by atoms with E-state index in [4.69, 9.17) is 9.84 Å². The molecule has 0 saturated carbocycles. The molecular formula is C15H20FNO7S. The zero-order chi connectivity index (χ0) is 19.3. The molecule has 0 spiro atoms. The van der Waals surface area contributed by atoms with Crippen molar-refractivity contribution in [2.45, 2.75) is 39.3 Å². The van der Waals surface area contributed by atoms with E-state index in [1.54, 1.807) is 20.8 Å². The second kappa shape index (κ2) is 8.26. The van der Waals surface area contributed by atoms with Gasteiger partial charge in [0.25, 0.3) is 0 Å². The van der Waals surface area contributed by atoms with Crippen molar-refractivity contribution in [3.8, 4) is 5.75 Å². The number of benzene rings is 1. The first-order valence-electron chi connectivity index (χ1n) is 7.25. The summed E-state index contributed by atoms with van der Waals surface area (Å²) in [6.45, 7) is 5.15. The number of nitrogens with one attached hydrogen (secondary N) is 1. The smallest absolute Gasteiger partial charge is 0.481 e. The van der Waals surface area contributed by atoms with E-state index in [0.29, 0.717) is 5.56 Å². The van der Waals surface area contributed by atoms with Gasteiger partial charge in [0.05, 0.1) is 13.0 Å². The highest BCUT2D eigenvalue weighted by atomic mass is 32.3. The van der Waals surface area contributed by atoms with Crippen LogP contribution in [0.15, 0.2) is 18.2 Å². The van der Waals surface area contributed by atoms with E-state index in [9.17, 15) is 21.9 Å². The van der Waals surface area contributed by atoms with Crippen LogP contribution in [0.1, 0.15) is 31.9 Å². The van der Waals surface area contributed by atoms with E-state index in [2.05, 4.69) is 9.50 Å². The van der Waals surface area contributed by atoms with Crippen LogP contribution in [0.4, 0.5) is 3.89 Å². The fourth-order valence-electron chi connectivity index (χ4n) is 1.96. The third-order valence-corrected chi connectivity index (χ3v) is 2.99. The van der Waals surface area contributed by atoms with Gasteiger partial charge >= 0.3 is 22.4 Å². The Labute approximate surface area is 145 Å². The van der Waals surface area contributed by atoms with Gasteiger partial charge < -0.3 is 19.3 Å². The van der Waals surface area contributed by atoms with Crippen molar-refractivity contribution < 1.29 is 35.9 Å². The molecule has 0 radical (unpaired) electrons. The second-order valence-corrected chi connectivity index (χ2v) is 7.18. The molecule has 1 rings (SSSR count). The lowest BCUT2D eigenvalue weighted by Crippen LogP contribution is -2.31. The highest BCUT2D eigenvalue weighted by Gasteiger charge is 2.16. The molecule has 0 aliphatic heterocycles. The van der Waals surface area contributed by atoms with E-state index in [0.717, 1.165) is 6.07 Å². The molecule has 0 saturated heterocycles. The number of carbonyl (C=O) groups is 2. The summed E-state index contributed by atoms with van der Waals surface area (Å²) in [6.07, 6.45) is -0.400. The zero-order valence-electron chi connectivity index (χ0n) is 14.0. The van der Waals surface area contributed by atoms with Crippen molar-refractivity contribution >= 4 is 22.4 Å². The molecular weight excluding hydrogens is 357 g/mol. The average Bonchev–Trinajstić information content (AvgIpc) is 2.32. The Morgan fingerprint density at radius 2 is 1.80 bits per heavy atom. The molecule has 2 N–H and O–H groups in total. The minimum atomic E-state index is -5.24. The normalized spacial score (nSPS) is 11.8. The monoisotopic (exact) mass is 377 g/mol.